The predicted molar refractivity (Wildman–Crippen MR) is 127 cm³/mol. The van der Waals surface area contributed by atoms with Gasteiger partial charge in [0.2, 0.25) is 16.8 Å². The molecule has 0 spiro atoms. The number of fused-ring (bicyclic) bond motifs is 1. The summed E-state index contributed by atoms with van der Waals surface area (Å²) in [5.41, 5.74) is 0.550. The number of hydrogen-bond acceptors (Lipinski definition) is 6. The molecule has 1 amide bonds. The number of anilines is 1. The first-order valence-corrected chi connectivity index (χ1v) is 12.7. The number of piperazine rings is 1. The Balaban J connectivity index is 1.22. The first-order chi connectivity index (χ1) is 17.3. The van der Waals surface area contributed by atoms with E-state index in [1.54, 1.807) is 0 Å². The molecule has 188 valence electrons. The quantitative estimate of drug-likeness (QED) is 0.541. The van der Waals surface area contributed by atoms with Gasteiger partial charge in [-0.15, -0.1) is 0 Å². The van der Waals surface area contributed by atoms with Gasteiger partial charge < -0.3 is 14.8 Å². The van der Waals surface area contributed by atoms with E-state index in [9.17, 15) is 22.0 Å². The molecule has 2 aliphatic rings. The maximum atomic E-state index is 14.7. The molecule has 3 aromatic rings. The van der Waals surface area contributed by atoms with Gasteiger partial charge in [-0.1, -0.05) is 18.2 Å². The number of hydrogen-bond donors (Lipinski definition) is 1. The van der Waals surface area contributed by atoms with Crippen molar-refractivity contribution in [2.24, 2.45) is 0 Å². The molecular weight excluding hydrogens is 492 g/mol. The zero-order valence-electron chi connectivity index (χ0n) is 19.1. The van der Waals surface area contributed by atoms with Crippen molar-refractivity contribution in [1.29, 1.82) is 0 Å². The number of carbonyl (C=O) groups is 1. The Hall–Kier alpha value is -3.54. The zero-order valence-corrected chi connectivity index (χ0v) is 19.9. The van der Waals surface area contributed by atoms with Crippen molar-refractivity contribution in [2.45, 2.75) is 11.4 Å². The van der Waals surface area contributed by atoms with Gasteiger partial charge in [-0.2, -0.15) is 4.31 Å². The summed E-state index contributed by atoms with van der Waals surface area (Å²) in [7, 11) is -3.94. The smallest absolute Gasteiger partial charge is 0.258 e. The largest absolute Gasteiger partial charge is 0.454 e. The second kappa shape index (κ2) is 9.84. The van der Waals surface area contributed by atoms with Gasteiger partial charge in [-0.3, -0.25) is 9.69 Å². The molecule has 0 unspecified atom stereocenters. The van der Waals surface area contributed by atoms with E-state index in [1.165, 1.54) is 28.6 Å². The Morgan fingerprint density at radius 2 is 1.64 bits per heavy atom. The summed E-state index contributed by atoms with van der Waals surface area (Å²) in [5.74, 6) is -1.10. The highest BCUT2D eigenvalue weighted by Crippen LogP contribution is 2.33. The van der Waals surface area contributed by atoms with Crippen LogP contribution in [0, 0.1) is 11.6 Å². The van der Waals surface area contributed by atoms with Crippen LogP contribution in [-0.4, -0.2) is 56.5 Å². The van der Waals surface area contributed by atoms with Crippen molar-refractivity contribution < 1.29 is 31.5 Å². The summed E-state index contributed by atoms with van der Waals surface area (Å²) >= 11 is 0. The Kier molecular flexibility index (Phi) is 6.61. The maximum Gasteiger partial charge on any atom is 0.258 e. The van der Waals surface area contributed by atoms with E-state index in [0.29, 0.717) is 31.1 Å². The standard InChI is InChI=1S/C25H23F2N3O5S/c26-20-4-2-1-3-19(20)25(31)28-22-7-6-18(14-21(22)27)36(32,33)30-11-9-29(10-12-30)15-17-5-8-23-24(13-17)35-16-34-23/h1-8,13-14H,9-12,15-16H2,(H,28,31). The molecular formula is C25H23F2N3O5S. The lowest BCUT2D eigenvalue weighted by Crippen LogP contribution is -2.48. The SMILES string of the molecule is O=C(Nc1ccc(S(=O)(=O)N2CCN(Cc3ccc4c(c3)OCO4)CC2)cc1F)c1ccccc1F. The van der Waals surface area contributed by atoms with Crippen LogP contribution in [0.5, 0.6) is 11.5 Å². The van der Waals surface area contributed by atoms with Crippen LogP contribution in [0.15, 0.2) is 65.6 Å². The number of nitrogens with zero attached hydrogens (tertiary/aromatic N) is 2. The van der Waals surface area contributed by atoms with E-state index < -0.39 is 27.6 Å². The molecule has 0 saturated carbocycles. The molecule has 11 heteroatoms. The van der Waals surface area contributed by atoms with Crippen LogP contribution in [0.2, 0.25) is 0 Å². The van der Waals surface area contributed by atoms with Gasteiger partial charge in [0.15, 0.2) is 11.5 Å². The van der Waals surface area contributed by atoms with Gasteiger partial charge in [-0.25, -0.2) is 17.2 Å². The van der Waals surface area contributed by atoms with Crippen molar-refractivity contribution in [3.05, 3.63) is 83.4 Å². The molecule has 5 rings (SSSR count). The molecule has 2 aliphatic heterocycles. The third kappa shape index (κ3) is 4.90. The number of sulfonamides is 1. The Morgan fingerprint density at radius 3 is 2.39 bits per heavy atom. The average Bonchev–Trinajstić information content (AvgIpc) is 3.34. The lowest BCUT2D eigenvalue weighted by Gasteiger charge is -2.34. The Bertz CT molecular complexity index is 1410. The van der Waals surface area contributed by atoms with Gasteiger partial charge >= 0.3 is 0 Å². The second-order valence-corrected chi connectivity index (χ2v) is 10.4. The highest BCUT2D eigenvalue weighted by atomic mass is 32.2. The number of nitrogens with one attached hydrogen (secondary N) is 1. The molecule has 3 aromatic carbocycles. The van der Waals surface area contributed by atoms with Crippen LogP contribution in [0.25, 0.3) is 0 Å². The fourth-order valence-corrected chi connectivity index (χ4v) is 5.60. The van der Waals surface area contributed by atoms with Gasteiger partial charge in [0, 0.05) is 32.7 Å². The van der Waals surface area contributed by atoms with Crippen LogP contribution in [-0.2, 0) is 16.6 Å². The Morgan fingerprint density at radius 1 is 0.889 bits per heavy atom. The molecule has 1 saturated heterocycles. The maximum absolute atomic E-state index is 14.7. The van der Waals surface area contributed by atoms with Crippen molar-refractivity contribution in [3.8, 4) is 11.5 Å². The van der Waals surface area contributed by atoms with Crippen LogP contribution in [0.1, 0.15) is 15.9 Å². The molecule has 8 nitrogen and oxygen atoms in total. The summed E-state index contributed by atoms with van der Waals surface area (Å²) in [6.07, 6.45) is 0. The van der Waals surface area contributed by atoms with E-state index in [2.05, 4.69) is 10.2 Å². The Labute approximate surface area is 207 Å². The van der Waals surface area contributed by atoms with Gasteiger partial charge in [0.25, 0.3) is 5.91 Å². The van der Waals surface area contributed by atoms with E-state index in [0.717, 1.165) is 23.8 Å². The summed E-state index contributed by atoms with van der Waals surface area (Å²) in [5, 5.41) is 2.28. The summed E-state index contributed by atoms with van der Waals surface area (Å²) < 4.78 is 66.8. The lowest BCUT2D eigenvalue weighted by atomic mass is 10.2. The van der Waals surface area contributed by atoms with Crippen molar-refractivity contribution >= 4 is 21.6 Å². The van der Waals surface area contributed by atoms with Gasteiger partial charge in [0.1, 0.15) is 11.6 Å². The number of carbonyl (C=O) groups excluding carboxylic acids is 1. The third-order valence-electron chi connectivity index (χ3n) is 6.12. The lowest BCUT2D eigenvalue weighted by molar-refractivity contribution is 0.102. The molecule has 36 heavy (non-hydrogen) atoms. The van der Waals surface area contributed by atoms with Crippen molar-refractivity contribution in [2.75, 3.05) is 38.3 Å². The van der Waals surface area contributed by atoms with Gasteiger partial charge in [-0.05, 0) is 48.0 Å². The summed E-state index contributed by atoms with van der Waals surface area (Å²) in [4.78, 5) is 14.2. The predicted octanol–water partition coefficient (Wildman–Crippen LogP) is 3.45. The average molecular weight is 516 g/mol. The normalized spacial score (nSPS) is 16.2. The van der Waals surface area contributed by atoms with E-state index in [-0.39, 0.29) is 36.0 Å². The second-order valence-electron chi connectivity index (χ2n) is 8.44. The third-order valence-corrected chi connectivity index (χ3v) is 8.01. The van der Waals surface area contributed by atoms with Crippen LogP contribution < -0.4 is 14.8 Å². The van der Waals surface area contributed by atoms with E-state index in [1.807, 2.05) is 18.2 Å². The first kappa shape index (κ1) is 24.2. The monoisotopic (exact) mass is 515 g/mol. The molecule has 0 aromatic heterocycles. The van der Waals surface area contributed by atoms with Crippen molar-refractivity contribution in [3.63, 3.8) is 0 Å². The number of amides is 1. The van der Waals surface area contributed by atoms with E-state index >= 15 is 0 Å². The minimum Gasteiger partial charge on any atom is -0.454 e. The number of halogens is 2. The highest BCUT2D eigenvalue weighted by Gasteiger charge is 2.29. The summed E-state index contributed by atoms with van der Waals surface area (Å²) in [6.45, 7) is 2.35. The van der Waals surface area contributed by atoms with E-state index in [4.69, 9.17) is 9.47 Å². The van der Waals surface area contributed by atoms with Crippen LogP contribution in [0.3, 0.4) is 0 Å². The summed E-state index contributed by atoms with van der Waals surface area (Å²) in [6, 6.07) is 14.3. The number of rotatable bonds is 6. The molecule has 0 aliphatic carbocycles. The number of benzene rings is 3. The fourth-order valence-electron chi connectivity index (χ4n) is 4.17. The fraction of sp³-hybridized carbons (Fsp3) is 0.240. The highest BCUT2D eigenvalue weighted by molar-refractivity contribution is 7.89. The molecule has 2 heterocycles. The molecule has 1 N–H and O–H groups in total. The molecule has 0 atom stereocenters. The molecule has 1 fully saturated rings. The molecule has 0 radical (unpaired) electrons. The minimum absolute atomic E-state index is 0.203. The molecule has 0 bridgehead atoms. The zero-order chi connectivity index (χ0) is 25.3. The van der Waals surface area contributed by atoms with Gasteiger partial charge in [0.05, 0.1) is 16.1 Å². The van der Waals surface area contributed by atoms with Crippen LogP contribution >= 0.6 is 0 Å². The first-order valence-electron chi connectivity index (χ1n) is 11.3. The van der Waals surface area contributed by atoms with Crippen LogP contribution in [0.4, 0.5) is 14.5 Å². The topological polar surface area (TPSA) is 88.2 Å². The minimum atomic E-state index is -3.94. The number of ether oxygens (including phenoxy) is 2. The van der Waals surface area contributed by atoms with Crippen molar-refractivity contribution in [1.82, 2.24) is 9.21 Å².